The van der Waals surface area contributed by atoms with Crippen LogP contribution in [0.15, 0.2) is 12.1 Å². The van der Waals surface area contributed by atoms with E-state index in [1.807, 2.05) is 17.9 Å². The lowest BCUT2D eigenvalue weighted by molar-refractivity contribution is -0.136. The minimum Gasteiger partial charge on any atom is -0.504 e. The second-order valence-corrected chi connectivity index (χ2v) is 7.94. The Bertz CT molecular complexity index is 784. The van der Waals surface area contributed by atoms with E-state index < -0.39 is 0 Å². The molecule has 2 fully saturated rings. The van der Waals surface area contributed by atoms with Gasteiger partial charge in [0.2, 0.25) is 0 Å². The maximum absolute atomic E-state index is 12.8. The van der Waals surface area contributed by atoms with Crippen molar-refractivity contribution >= 4 is 5.78 Å². The number of phenolic OH excluding ortho intramolecular Hbond substituents is 1. The summed E-state index contributed by atoms with van der Waals surface area (Å²) in [5.74, 6) is 1.28. The monoisotopic (exact) mass is 340 g/mol. The first-order valence-corrected chi connectivity index (χ1v) is 9.03. The molecule has 1 heterocycles. The zero-order valence-electron chi connectivity index (χ0n) is 15.0. The van der Waals surface area contributed by atoms with Gasteiger partial charge in [-0.2, -0.15) is 5.26 Å². The average Bonchev–Trinajstić information content (AvgIpc) is 2.59. The van der Waals surface area contributed by atoms with Crippen molar-refractivity contribution in [1.29, 1.82) is 5.26 Å². The van der Waals surface area contributed by atoms with Crippen molar-refractivity contribution in [2.75, 3.05) is 13.7 Å². The van der Waals surface area contributed by atoms with E-state index in [0.29, 0.717) is 18.7 Å². The Balaban J connectivity index is 1.98. The number of hydrogen-bond donors (Lipinski definition) is 1. The van der Waals surface area contributed by atoms with Gasteiger partial charge in [-0.1, -0.05) is 19.9 Å². The molecule has 1 aromatic rings. The molecule has 1 aromatic carbocycles. The highest BCUT2D eigenvalue weighted by molar-refractivity contribution is 5.84. The van der Waals surface area contributed by atoms with Gasteiger partial charge in [-0.25, -0.2) is 0 Å². The van der Waals surface area contributed by atoms with Crippen LogP contribution in [0.1, 0.15) is 37.8 Å². The molecule has 5 atom stereocenters. The van der Waals surface area contributed by atoms with Crippen molar-refractivity contribution in [2.24, 2.45) is 17.8 Å². The number of ketones is 1. The van der Waals surface area contributed by atoms with Gasteiger partial charge in [-0.05, 0) is 36.3 Å². The maximum Gasteiger partial charge on any atom is 0.179 e. The number of nitrogens with zero attached hydrogens (tertiary/aromatic N) is 2. The zero-order chi connectivity index (χ0) is 17.9. The molecule has 5 nitrogen and oxygen atoms in total. The van der Waals surface area contributed by atoms with Crippen LogP contribution in [0.25, 0.3) is 0 Å². The van der Waals surface area contributed by atoms with Crippen LogP contribution in [-0.2, 0) is 16.6 Å². The van der Waals surface area contributed by atoms with Crippen LogP contribution in [0.4, 0.5) is 0 Å². The Morgan fingerprint density at radius 1 is 1.40 bits per heavy atom. The fourth-order valence-corrected chi connectivity index (χ4v) is 5.82. The molecule has 4 rings (SSSR count). The Morgan fingerprint density at radius 2 is 2.16 bits per heavy atom. The summed E-state index contributed by atoms with van der Waals surface area (Å²) in [5.41, 5.74) is 1.57. The van der Waals surface area contributed by atoms with Gasteiger partial charge in [-0.15, -0.1) is 0 Å². The van der Waals surface area contributed by atoms with E-state index in [2.05, 4.69) is 13.1 Å². The smallest absolute Gasteiger partial charge is 0.179 e. The average molecular weight is 340 g/mol. The van der Waals surface area contributed by atoms with Gasteiger partial charge in [-0.3, -0.25) is 4.79 Å². The van der Waals surface area contributed by atoms with E-state index in [-0.39, 0.29) is 40.7 Å². The molecule has 2 aliphatic carbocycles. The molecule has 0 radical (unpaired) electrons. The number of aromatic hydroxyl groups is 1. The van der Waals surface area contributed by atoms with Gasteiger partial charge < -0.3 is 14.7 Å². The number of benzene rings is 1. The second kappa shape index (κ2) is 5.39. The lowest BCUT2D eigenvalue weighted by Gasteiger charge is -2.60. The Kier molecular flexibility index (Phi) is 3.50. The molecule has 0 unspecified atom stereocenters. The topological polar surface area (TPSA) is 73.6 Å². The van der Waals surface area contributed by atoms with Crippen LogP contribution in [0.3, 0.4) is 0 Å². The van der Waals surface area contributed by atoms with Crippen molar-refractivity contribution in [3.8, 4) is 17.7 Å². The zero-order valence-corrected chi connectivity index (χ0v) is 15.0. The van der Waals surface area contributed by atoms with Gasteiger partial charge in [0.05, 0.1) is 7.11 Å². The van der Waals surface area contributed by atoms with Crippen molar-refractivity contribution < 1.29 is 14.6 Å². The van der Waals surface area contributed by atoms with Gasteiger partial charge >= 0.3 is 0 Å². The summed E-state index contributed by atoms with van der Waals surface area (Å²) in [4.78, 5) is 14.7. The van der Waals surface area contributed by atoms with Crippen LogP contribution in [0.5, 0.6) is 11.5 Å². The summed E-state index contributed by atoms with van der Waals surface area (Å²) in [6.45, 7) is 4.78. The summed E-state index contributed by atoms with van der Waals surface area (Å²) in [6, 6.07) is 3.88. The van der Waals surface area contributed by atoms with E-state index >= 15 is 0 Å². The Hall–Kier alpha value is -2.22. The predicted molar refractivity (Wildman–Crippen MR) is 92.2 cm³/mol. The predicted octanol–water partition coefficient (Wildman–Crippen LogP) is 2.61. The van der Waals surface area contributed by atoms with Crippen LogP contribution in [0, 0.1) is 29.2 Å². The molecule has 1 saturated carbocycles. The number of fused-ring (bicyclic) bond motifs is 1. The van der Waals surface area contributed by atoms with E-state index in [1.54, 1.807) is 13.2 Å². The molecule has 0 aromatic heterocycles. The summed E-state index contributed by atoms with van der Waals surface area (Å²) >= 11 is 0. The maximum atomic E-state index is 12.8. The first kappa shape index (κ1) is 16.3. The molecular formula is C20H24N2O3. The number of methoxy groups -OCH3 is 1. The first-order valence-electron chi connectivity index (χ1n) is 9.03. The van der Waals surface area contributed by atoms with Crippen LogP contribution < -0.4 is 4.74 Å². The number of nitriles is 1. The van der Waals surface area contributed by atoms with Gasteiger partial charge in [0, 0.05) is 35.9 Å². The lowest BCUT2D eigenvalue weighted by atomic mass is 9.47. The van der Waals surface area contributed by atoms with E-state index in [0.717, 1.165) is 24.0 Å². The van der Waals surface area contributed by atoms with Crippen LogP contribution in [-0.4, -0.2) is 35.5 Å². The number of hydrogen-bond acceptors (Lipinski definition) is 5. The van der Waals surface area contributed by atoms with E-state index in [9.17, 15) is 15.2 Å². The summed E-state index contributed by atoms with van der Waals surface area (Å²) in [5, 5.41) is 20.5. The Morgan fingerprint density at radius 3 is 2.84 bits per heavy atom. The van der Waals surface area contributed by atoms with Crippen molar-refractivity contribution in [3.05, 3.63) is 23.3 Å². The fraction of sp³-hybridized carbons (Fsp3) is 0.600. The molecular weight excluding hydrogens is 316 g/mol. The van der Waals surface area contributed by atoms with Gasteiger partial charge in [0.1, 0.15) is 5.78 Å². The normalized spacial score (nSPS) is 36.2. The molecule has 0 spiro atoms. The minimum absolute atomic E-state index is 0.00596. The summed E-state index contributed by atoms with van der Waals surface area (Å²) < 4.78 is 5.34. The van der Waals surface area contributed by atoms with Gasteiger partial charge in [0.15, 0.2) is 17.7 Å². The summed E-state index contributed by atoms with van der Waals surface area (Å²) in [6.07, 6.45) is 4.27. The SMILES string of the molecule is COc1ccc2c(c1O)[C@]13CCN(C#N)[C@H](C2)[C@@H]1[C@@H](C)[C@H](C)C(=O)C3. The van der Waals surface area contributed by atoms with Crippen LogP contribution >= 0.6 is 0 Å². The van der Waals surface area contributed by atoms with Gasteiger partial charge in [0.25, 0.3) is 0 Å². The number of likely N-dealkylation sites (tertiary alicyclic amines) is 1. The quantitative estimate of drug-likeness (QED) is 0.796. The number of Topliss-reactive ketones (excluding diaryl/α,β-unsaturated/α-hetero) is 1. The van der Waals surface area contributed by atoms with Crippen molar-refractivity contribution in [3.63, 3.8) is 0 Å². The first-order chi connectivity index (χ1) is 11.9. The molecule has 2 bridgehead atoms. The molecule has 3 aliphatic rings. The third-order valence-corrected chi connectivity index (χ3v) is 7.11. The number of rotatable bonds is 1. The standard InChI is InChI=1S/C20H24N2O3/c1-11-12(2)17-14-8-13-4-5-16(25-3)19(24)18(13)20(17,9-15(11)23)6-7-22(14)10-21/h4-5,11-12,14,17,24H,6-9H2,1-3H3/t11-,12-,14+,17-,20-/m0/s1. The third-order valence-electron chi connectivity index (χ3n) is 7.11. The molecule has 25 heavy (non-hydrogen) atoms. The molecule has 1 aliphatic heterocycles. The number of phenols is 1. The van der Waals surface area contributed by atoms with E-state index in [4.69, 9.17) is 4.74 Å². The highest BCUT2D eigenvalue weighted by Crippen LogP contribution is 2.60. The highest BCUT2D eigenvalue weighted by atomic mass is 16.5. The highest BCUT2D eigenvalue weighted by Gasteiger charge is 2.60. The number of ether oxygens (including phenoxy) is 1. The van der Waals surface area contributed by atoms with E-state index in [1.165, 1.54) is 0 Å². The second-order valence-electron chi connectivity index (χ2n) is 7.94. The molecule has 1 saturated heterocycles. The molecule has 132 valence electrons. The number of carbonyl (C=O) groups is 1. The molecule has 5 heteroatoms. The Labute approximate surface area is 148 Å². The molecule has 0 amide bonds. The van der Waals surface area contributed by atoms with Crippen molar-refractivity contribution in [1.82, 2.24) is 4.90 Å². The minimum atomic E-state index is -0.382. The summed E-state index contributed by atoms with van der Waals surface area (Å²) in [7, 11) is 1.55. The van der Waals surface area contributed by atoms with Crippen LogP contribution in [0.2, 0.25) is 0 Å². The number of piperidine rings is 1. The number of carbonyl (C=O) groups excluding carboxylic acids is 1. The fourth-order valence-electron chi connectivity index (χ4n) is 5.82. The lowest BCUT2D eigenvalue weighted by Crippen LogP contribution is -2.64. The largest absolute Gasteiger partial charge is 0.504 e. The molecule has 1 N–H and O–H groups in total. The third kappa shape index (κ3) is 1.97. The van der Waals surface area contributed by atoms with Crippen molar-refractivity contribution in [2.45, 2.75) is 44.6 Å².